The van der Waals surface area contributed by atoms with Gasteiger partial charge in [0.05, 0.1) is 20.8 Å². The number of hydrogen-bond donors (Lipinski definition) is 2. The van der Waals surface area contributed by atoms with Crippen molar-refractivity contribution < 1.29 is 9.47 Å². The molecule has 0 amide bonds. The Bertz CT molecular complexity index is 833. The zero-order valence-electron chi connectivity index (χ0n) is 18.4. The Morgan fingerprint density at radius 3 is 2.83 bits per heavy atom. The minimum atomic E-state index is 0.528. The largest absolute Gasteiger partial charge is 0.497 e. The van der Waals surface area contributed by atoms with Crippen LogP contribution in [0.2, 0.25) is 0 Å². The Morgan fingerprint density at radius 1 is 1.13 bits per heavy atom. The van der Waals surface area contributed by atoms with Crippen molar-refractivity contribution >= 4 is 5.96 Å². The smallest absolute Gasteiger partial charge is 0.191 e. The topological polar surface area (TPSA) is 85.6 Å². The van der Waals surface area contributed by atoms with Crippen molar-refractivity contribution in [2.24, 2.45) is 4.99 Å². The van der Waals surface area contributed by atoms with E-state index >= 15 is 0 Å². The van der Waals surface area contributed by atoms with Crippen LogP contribution in [0.4, 0.5) is 0 Å². The van der Waals surface area contributed by atoms with Crippen molar-refractivity contribution in [1.82, 2.24) is 25.4 Å². The van der Waals surface area contributed by atoms with Crippen LogP contribution < -0.4 is 20.1 Å². The molecule has 0 fully saturated rings. The zero-order valence-corrected chi connectivity index (χ0v) is 18.4. The van der Waals surface area contributed by atoms with E-state index in [9.17, 15) is 0 Å². The summed E-state index contributed by atoms with van der Waals surface area (Å²) in [5.41, 5.74) is 1.02. The van der Waals surface area contributed by atoms with Crippen molar-refractivity contribution in [3.05, 3.63) is 35.4 Å². The average molecular weight is 415 g/mol. The van der Waals surface area contributed by atoms with E-state index in [-0.39, 0.29) is 0 Å². The first-order valence-corrected chi connectivity index (χ1v) is 10.9. The van der Waals surface area contributed by atoms with Crippen LogP contribution in [0.1, 0.15) is 49.8 Å². The third-order valence-electron chi connectivity index (χ3n) is 5.30. The van der Waals surface area contributed by atoms with Gasteiger partial charge in [0.15, 0.2) is 5.96 Å². The molecule has 0 unspecified atom stereocenters. The first-order chi connectivity index (χ1) is 14.7. The van der Waals surface area contributed by atoms with Gasteiger partial charge in [-0.2, -0.15) is 0 Å². The highest BCUT2D eigenvalue weighted by Crippen LogP contribution is 2.25. The highest BCUT2D eigenvalue weighted by Gasteiger charge is 2.14. The molecule has 0 radical (unpaired) electrons. The summed E-state index contributed by atoms with van der Waals surface area (Å²) in [6.45, 7) is 5.28. The average Bonchev–Trinajstić information content (AvgIpc) is 3.00. The number of aliphatic imine (C=N–C) groups is 1. The van der Waals surface area contributed by atoms with Gasteiger partial charge < -0.3 is 24.7 Å². The molecule has 0 bridgehead atoms. The van der Waals surface area contributed by atoms with Gasteiger partial charge in [0.1, 0.15) is 23.1 Å². The lowest BCUT2D eigenvalue weighted by Crippen LogP contribution is -2.37. The van der Waals surface area contributed by atoms with Crippen LogP contribution in [0.25, 0.3) is 0 Å². The standard InChI is InChI=1S/C22H34N6O2/c1-4-23-22(25-16-17-11-12-18(29-2)15-19(17)30-3)24-13-8-10-21-27-26-20-9-6-5-7-14-28(20)21/h11-12,15H,4-10,13-14,16H2,1-3H3,(H2,23,24,25). The summed E-state index contributed by atoms with van der Waals surface area (Å²) < 4.78 is 13.1. The number of hydrogen-bond acceptors (Lipinski definition) is 5. The van der Waals surface area contributed by atoms with E-state index in [0.717, 1.165) is 73.6 Å². The molecule has 1 aliphatic heterocycles. The van der Waals surface area contributed by atoms with E-state index in [1.54, 1.807) is 14.2 Å². The van der Waals surface area contributed by atoms with Crippen molar-refractivity contribution in [3.63, 3.8) is 0 Å². The molecule has 1 aromatic heterocycles. The van der Waals surface area contributed by atoms with Crippen LogP contribution >= 0.6 is 0 Å². The molecule has 2 N–H and O–H groups in total. The monoisotopic (exact) mass is 414 g/mol. The first-order valence-electron chi connectivity index (χ1n) is 10.9. The fourth-order valence-corrected chi connectivity index (χ4v) is 3.67. The van der Waals surface area contributed by atoms with E-state index in [4.69, 9.17) is 14.5 Å². The number of ether oxygens (including phenoxy) is 2. The molecule has 0 atom stereocenters. The third kappa shape index (κ3) is 5.87. The normalized spacial score (nSPS) is 14.0. The molecule has 1 aliphatic rings. The van der Waals surface area contributed by atoms with Gasteiger partial charge in [-0.3, -0.25) is 0 Å². The molecular weight excluding hydrogens is 380 g/mol. The van der Waals surface area contributed by atoms with Crippen molar-refractivity contribution in [3.8, 4) is 11.5 Å². The second kappa shape index (κ2) is 11.4. The second-order valence-corrected chi connectivity index (χ2v) is 7.40. The predicted octanol–water partition coefficient (Wildman–Crippen LogP) is 2.71. The molecular formula is C22H34N6O2. The highest BCUT2D eigenvalue weighted by atomic mass is 16.5. The van der Waals surface area contributed by atoms with Crippen LogP contribution in [-0.2, 0) is 25.9 Å². The molecule has 3 rings (SSSR count). The molecule has 0 spiro atoms. The predicted molar refractivity (Wildman–Crippen MR) is 118 cm³/mol. The maximum Gasteiger partial charge on any atom is 0.191 e. The van der Waals surface area contributed by atoms with Gasteiger partial charge in [0.25, 0.3) is 0 Å². The van der Waals surface area contributed by atoms with Crippen LogP contribution in [0.5, 0.6) is 11.5 Å². The fraction of sp³-hybridized carbons (Fsp3) is 0.591. The summed E-state index contributed by atoms with van der Waals surface area (Å²) in [5.74, 6) is 4.62. The van der Waals surface area contributed by atoms with Gasteiger partial charge in [-0.05, 0) is 38.3 Å². The maximum absolute atomic E-state index is 5.47. The molecule has 8 heteroatoms. The minimum absolute atomic E-state index is 0.528. The van der Waals surface area contributed by atoms with Gasteiger partial charge in [0, 0.05) is 44.1 Å². The number of benzene rings is 1. The highest BCUT2D eigenvalue weighted by molar-refractivity contribution is 5.79. The molecule has 2 aromatic rings. The number of guanidine groups is 1. The number of methoxy groups -OCH3 is 2. The van der Waals surface area contributed by atoms with Crippen molar-refractivity contribution in [1.29, 1.82) is 0 Å². The fourth-order valence-electron chi connectivity index (χ4n) is 3.67. The van der Waals surface area contributed by atoms with E-state index < -0.39 is 0 Å². The van der Waals surface area contributed by atoms with Crippen LogP contribution in [0, 0.1) is 0 Å². The van der Waals surface area contributed by atoms with Gasteiger partial charge >= 0.3 is 0 Å². The summed E-state index contributed by atoms with van der Waals surface area (Å²) in [5, 5.41) is 15.5. The molecule has 0 saturated heterocycles. The number of fused-ring (bicyclic) bond motifs is 1. The SMILES string of the molecule is CCNC(=NCc1ccc(OC)cc1OC)NCCCc1nnc2n1CCCCC2. The molecule has 30 heavy (non-hydrogen) atoms. The van der Waals surface area contributed by atoms with Crippen molar-refractivity contribution in [2.75, 3.05) is 27.3 Å². The Balaban J connectivity index is 1.53. The van der Waals surface area contributed by atoms with E-state index in [0.29, 0.717) is 6.54 Å². The summed E-state index contributed by atoms with van der Waals surface area (Å²) in [7, 11) is 3.31. The molecule has 2 heterocycles. The van der Waals surface area contributed by atoms with Crippen LogP contribution in [-0.4, -0.2) is 48.0 Å². The Labute approximate surface area is 179 Å². The Hall–Kier alpha value is -2.77. The molecule has 0 saturated carbocycles. The van der Waals surface area contributed by atoms with Gasteiger partial charge in [-0.25, -0.2) is 4.99 Å². The molecule has 8 nitrogen and oxygen atoms in total. The minimum Gasteiger partial charge on any atom is -0.497 e. The number of aryl methyl sites for hydroxylation is 2. The van der Waals surface area contributed by atoms with Crippen LogP contribution in [0.15, 0.2) is 23.2 Å². The van der Waals surface area contributed by atoms with Gasteiger partial charge in [0.2, 0.25) is 0 Å². The summed E-state index contributed by atoms with van der Waals surface area (Å²) in [6.07, 6.45) is 6.69. The van der Waals surface area contributed by atoms with Crippen molar-refractivity contribution in [2.45, 2.75) is 58.5 Å². The summed E-state index contributed by atoms with van der Waals surface area (Å²) in [4.78, 5) is 4.71. The first kappa shape index (κ1) is 21.9. The maximum atomic E-state index is 5.47. The number of nitrogens with one attached hydrogen (secondary N) is 2. The van der Waals surface area contributed by atoms with E-state index in [2.05, 4.69) is 32.3 Å². The van der Waals surface area contributed by atoms with Gasteiger partial charge in [-0.1, -0.05) is 6.42 Å². The van der Waals surface area contributed by atoms with Crippen LogP contribution in [0.3, 0.4) is 0 Å². The summed E-state index contributed by atoms with van der Waals surface area (Å²) >= 11 is 0. The zero-order chi connectivity index (χ0) is 21.2. The number of aromatic nitrogens is 3. The molecule has 1 aromatic carbocycles. The Kier molecular flexibility index (Phi) is 8.35. The number of rotatable bonds is 9. The summed E-state index contributed by atoms with van der Waals surface area (Å²) in [6, 6.07) is 5.80. The molecule has 164 valence electrons. The number of nitrogens with zero attached hydrogens (tertiary/aromatic N) is 4. The molecule has 0 aliphatic carbocycles. The van der Waals surface area contributed by atoms with Gasteiger partial charge in [-0.15, -0.1) is 10.2 Å². The van der Waals surface area contributed by atoms with E-state index in [1.807, 2.05) is 18.2 Å². The lowest BCUT2D eigenvalue weighted by molar-refractivity contribution is 0.391. The quantitative estimate of drug-likeness (QED) is 0.373. The lowest BCUT2D eigenvalue weighted by Gasteiger charge is -2.13. The second-order valence-electron chi connectivity index (χ2n) is 7.40. The lowest BCUT2D eigenvalue weighted by atomic mass is 10.2. The third-order valence-corrected chi connectivity index (χ3v) is 5.30. The Morgan fingerprint density at radius 2 is 2.03 bits per heavy atom. The van der Waals surface area contributed by atoms with E-state index in [1.165, 1.54) is 19.3 Å².